The summed E-state index contributed by atoms with van der Waals surface area (Å²) in [5.74, 6) is 0.0841. The third kappa shape index (κ3) is 6.67. The molecule has 0 radical (unpaired) electrons. The van der Waals surface area contributed by atoms with Gasteiger partial charge in [0.1, 0.15) is 0 Å². The number of piperazine rings is 1. The number of aromatic nitrogens is 4. The average molecular weight is 644 g/mol. The zero-order valence-electron chi connectivity index (χ0n) is 28.0. The van der Waals surface area contributed by atoms with Crippen molar-refractivity contribution in [1.29, 1.82) is 0 Å². The first-order valence-corrected chi connectivity index (χ1v) is 16.6. The highest BCUT2D eigenvalue weighted by Crippen LogP contribution is 2.37. The molecular weight excluding hydrogens is 601 g/mol. The summed E-state index contributed by atoms with van der Waals surface area (Å²) in [6.07, 6.45) is 8.06. The molecule has 1 unspecified atom stereocenters. The van der Waals surface area contributed by atoms with Gasteiger partial charge in [0.05, 0.1) is 40.9 Å². The van der Waals surface area contributed by atoms with Crippen LogP contribution in [0.1, 0.15) is 39.7 Å². The molecule has 8 rings (SSSR count). The minimum absolute atomic E-state index is 0.0841. The van der Waals surface area contributed by atoms with E-state index in [0.717, 1.165) is 59.8 Å². The van der Waals surface area contributed by atoms with Crippen LogP contribution in [-0.4, -0.2) is 69.5 Å². The van der Waals surface area contributed by atoms with Gasteiger partial charge in [0.25, 0.3) is 0 Å². The van der Waals surface area contributed by atoms with Crippen LogP contribution in [0.15, 0.2) is 104 Å². The van der Waals surface area contributed by atoms with Crippen molar-refractivity contribution in [3.05, 3.63) is 109 Å². The van der Waals surface area contributed by atoms with E-state index < -0.39 is 0 Å². The second kappa shape index (κ2) is 13.1. The molecule has 0 saturated carbocycles. The van der Waals surface area contributed by atoms with E-state index in [1.165, 1.54) is 5.56 Å². The molecule has 2 fully saturated rings. The lowest BCUT2D eigenvalue weighted by atomic mass is 9.82. The van der Waals surface area contributed by atoms with Crippen molar-refractivity contribution in [3.8, 4) is 16.8 Å². The summed E-state index contributed by atoms with van der Waals surface area (Å²) in [4.78, 5) is 14.6. The average Bonchev–Trinajstić information content (AvgIpc) is 3.81. The Kier molecular flexibility index (Phi) is 8.68. The van der Waals surface area contributed by atoms with E-state index >= 15 is 0 Å². The lowest BCUT2D eigenvalue weighted by Crippen LogP contribution is -2.51. The number of anilines is 2. The first kappa shape index (κ1) is 31.9. The summed E-state index contributed by atoms with van der Waals surface area (Å²) >= 11 is 0. The number of nitrogens with one attached hydrogen (secondary N) is 2. The van der Waals surface area contributed by atoms with Gasteiger partial charge in [0, 0.05) is 56.3 Å². The van der Waals surface area contributed by atoms with Crippen LogP contribution in [0.5, 0.6) is 0 Å². The lowest BCUT2D eigenvalue weighted by Gasteiger charge is -2.36. The van der Waals surface area contributed by atoms with E-state index in [2.05, 4.69) is 89.8 Å². The van der Waals surface area contributed by atoms with Gasteiger partial charge >= 0.3 is 7.12 Å². The maximum atomic E-state index is 12.3. The molecule has 3 aliphatic heterocycles. The molecule has 3 aromatic carbocycles. The fraction of sp³-hybridized carbons (Fsp3) is 0.324. The number of fused-ring (bicyclic) bond motifs is 3. The summed E-state index contributed by atoms with van der Waals surface area (Å²) in [7, 11) is -0.348. The minimum atomic E-state index is -0.348. The van der Waals surface area contributed by atoms with Gasteiger partial charge in [-0.2, -0.15) is 10.2 Å². The summed E-state index contributed by atoms with van der Waals surface area (Å²) in [5, 5.41) is 15.2. The SMILES string of the molecule is CC1(C)OB(c2cnn(Cc3ccccc3)c2)OC1(C)C.O=C1CC2CNCCN2c2cc(-c3cccc(-n4cccn4)c3)ccc2N1. The van der Waals surface area contributed by atoms with Gasteiger partial charge in [-0.25, -0.2) is 4.68 Å². The van der Waals surface area contributed by atoms with Crippen LogP contribution >= 0.6 is 0 Å². The van der Waals surface area contributed by atoms with Gasteiger partial charge in [0.15, 0.2) is 0 Å². The van der Waals surface area contributed by atoms with Crippen LogP contribution in [0.25, 0.3) is 16.8 Å². The van der Waals surface area contributed by atoms with Crippen molar-refractivity contribution in [3.63, 3.8) is 0 Å². The van der Waals surface area contributed by atoms with Gasteiger partial charge < -0.3 is 24.8 Å². The molecule has 0 bridgehead atoms. The second-order valence-corrected chi connectivity index (χ2v) is 13.6. The number of carbonyl (C=O) groups excluding carboxylic acids is 1. The van der Waals surface area contributed by atoms with Crippen molar-refractivity contribution >= 4 is 29.9 Å². The van der Waals surface area contributed by atoms with Gasteiger partial charge in [-0.05, 0) is 74.7 Å². The van der Waals surface area contributed by atoms with Crippen molar-refractivity contribution in [2.24, 2.45) is 0 Å². The zero-order valence-corrected chi connectivity index (χ0v) is 28.0. The van der Waals surface area contributed by atoms with Crippen molar-refractivity contribution in [2.75, 3.05) is 29.9 Å². The van der Waals surface area contributed by atoms with E-state index in [1.54, 1.807) is 6.20 Å². The lowest BCUT2D eigenvalue weighted by molar-refractivity contribution is -0.116. The molecule has 3 aliphatic rings. The molecule has 5 aromatic rings. The van der Waals surface area contributed by atoms with E-state index in [9.17, 15) is 4.79 Å². The Balaban J connectivity index is 0.000000157. The van der Waals surface area contributed by atoms with Crippen LogP contribution in [-0.2, 0) is 20.6 Å². The Bertz CT molecular complexity index is 1860. The van der Waals surface area contributed by atoms with E-state index in [4.69, 9.17) is 9.31 Å². The van der Waals surface area contributed by atoms with Gasteiger partial charge in [-0.1, -0.05) is 48.5 Å². The number of hydrogen-bond acceptors (Lipinski definition) is 7. The molecule has 1 amide bonds. The Hall–Kier alpha value is -4.71. The fourth-order valence-electron chi connectivity index (χ4n) is 6.32. The Morgan fingerprint density at radius 2 is 1.71 bits per heavy atom. The first-order chi connectivity index (χ1) is 23.1. The maximum Gasteiger partial charge on any atom is 0.498 e. The number of hydrogen-bond donors (Lipinski definition) is 2. The number of nitrogens with zero attached hydrogens (tertiary/aromatic N) is 5. The topological polar surface area (TPSA) is 98.5 Å². The number of benzene rings is 3. The van der Waals surface area contributed by atoms with E-state index in [0.29, 0.717) is 6.42 Å². The summed E-state index contributed by atoms with van der Waals surface area (Å²) in [5.41, 5.74) is 6.85. The van der Waals surface area contributed by atoms with Crippen LogP contribution in [0.2, 0.25) is 0 Å². The molecule has 0 aliphatic carbocycles. The van der Waals surface area contributed by atoms with Crippen molar-refractivity contribution < 1.29 is 14.1 Å². The quantitative estimate of drug-likeness (QED) is 0.263. The Morgan fingerprint density at radius 3 is 2.48 bits per heavy atom. The smallest absolute Gasteiger partial charge is 0.399 e. The molecule has 246 valence electrons. The molecule has 2 saturated heterocycles. The van der Waals surface area contributed by atoms with Crippen LogP contribution in [0.4, 0.5) is 11.4 Å². The molecule has 48 heavy (non-hydrogen) atoms. The summed E-state index contributed by atoms with van der Waals surface area (Å²) in [6.45, 7) is 11.7. The normalized spacial score (nSPS) is 19.4. The van der Waals surface area contributed by atoms with Crippen LogP contribution in [0.3, 0.4) is 0 Å². The molecule has 2 N–H and O–H groups in total. The third-order valence-electron chi connectivity index (χ3n) is 9.67. The molecule has 1 atom stereocenters. The van der Waals surface area contributed by atoms with Gasteiger partial charge in [-0.15, -0.1) is 0 Å². The highest BCUT2D eigenvalue weighted by Gasteiger charge is 2.52. The molecule has 0 spiro atoms. The third-order valence-corrected chi connectivity index (χ3v) is 9.67. The van der Waals surface area contributed by atoms with Gasteiger partial charge in [-0.3, -0.25) is 9.48 Å². The maximum absolute atomic E-state index is 12.3. The molecule has 11 heteroatoms. The van der Waals surface area contributed by atoms with E-state index in [1.807, 2.05) is 70.4 Å². The zero-order chi connectivity index (χ0) is 33.3. The second-order valence-electron chi connectivity index (χ2n) is 13.6. The molecule has 10 nitrogen and oxygen atoms in total. The summed E-state index contributed by atoms with van der Waals surface area (Å²) < 4.78 is 15.8. The van der Waals surface area contributed by atoms with Crippen LogP contribution < -0.4 is 21.0 Å². The fourth-order valence-corrected chi connectivity index (χ4v) is 6.32. The minimum Gasteiger partial charge on any atom is -0.399 e. The van der Waals surface area contributed by atoms with Crippen molar-refractivity contribution in [1.82, 2.24) is 24.9 Å². The molecule has 2 aromatic heterocycles. The Morgan fingerprint density at radius 1 is 0.917 bits per heavy atom. The monoisotopic (exact) mass is 643 g/mol. The predicted octanol–water partition coefficient (Wildman–Crippen LogP) is 4.89. The number of carbonyl (C=O) groups is 1. The van der Waals surface area contributed by atoms with E-state index in [-0.39, 0.29) is 30.3 Å². The Labute approximate surface area is 282 Å². The number of amides is 1. The first-order valence-electron chi connectivity index (χ1n) is 16.6. The molecule has 5 heterocycles. The van der Waals surface area contributed by atoms with Crippen LogP contribution in [0, 0.1) is 0 Å². The van der Waals surface area contributed by atoms with Crippen molar-refractivity contribution in [2.45, 2.75) is 57.9 Å². The summed E-state index contributed by atoms with van der Waals surface area (Å²) in [6, 6.07) is 27.0. The highest BCUT2D eigenvalue weighted by atomic mass is 16.7. The predicted molar refractivity (Wildman–Crippen MR) is 190 cm³/mol. The standard InChI is InChI=1S/C21H21N5O.C16H21BN2O2/c27-21-13-18-14-22-8-10-25(18)20-12-16(5-6-19(20)24-21)15-3-1-4-17(11-15)26-9-2-7-23-26;1-15(2)16(3,4)21-17(20-15)14-10-18-19(12-14)11-13-8-6-5-7-9-13/h1-7,9,11-12,18,22H,8,10,13-14H2,(H,24,27);5-10,12H,11H2,1-4H3. The van der Waals surface area contributed by atoms with Gasteiger partial charge in [0.2, 0.25) is 5.91 Å². The highest BCUT2D eigenvalue weighted by molar-refractivity contribution is 6.62. The number of rotatable bonds is 5. The largest absolute Gasteiger partial charge is 0.498 e. The molecular formula is C37H42BN7O3.